The minimum Gasteiger partial charge on any atom is -0.391 e. The molecule has 2 aromatic carbocycles. The Bertz CT molecular complexity index is 1120. The number of halogens is 9. The predicted octanol–water partition coefficient (Wildman–Crippen LogP) is 6.03. The third kappa shape index (κ3) is 8.64. The quantitative estimate of drug-likeness (QED) is 0.336. The molecule has 1 fully saturated rings. The molecule has 0 aromatic heterocycles. The molecule has 38 heavy (non-hydrogen) atoms. The molecule has 208 valence electrons. The fraction of sp³-hybridized carbons (Fsp3) is 0.417. The van der Waals surface area contributed by atoms with Gasteiger partial charge in [-0.15, -0.1) is 0 Å². The highest BCUT2D eigenvalue weighted by molar-refractivity contribution is 5.85. The molecule has 0 spiro atoms. The summed E-state index contributed by atoms with van der Waals surface area (Å²) in [6, 6.07) is 5.77. The minimum absolute atomic E-state index is 0.0154. The molecule has 0 atom stereocenters. The molecule has 0 aliphatic carbocycles. The molecule has 0 saturated carbocycles. The van der Waals surface area contributed by atoms with Crippen molar-refractivity contribution in [2.24, 2.45) is 5.16 Å². The van der Waals surface area contributed by atoms with Gasteiger partial charge in [0.2, 0.25) is 5.91 Å². The summed E-state index contributed by atoms with van der Waals surface area (Å²) in [6.45, 7) is -0.0632. The van der Waals surface area contributed by atoms with Gasteiger partial charge in [0.05, 0.1) is 28.9 Å². The van der Waals surface area contributed by atoms with Crippen molar-refractivity contribution >= 4 is 11.6 Å². The lowest BCUT2D eigenvalue weighted by Crippen LogP contribution is -2.41. The number of amides is 1. The van der Waals surface area contributed by atoms with Gasteiger partial charge in [-0.3, -0.25) is 9.69 Å². The predicted molar refractivity (Wildman–Crippen MR) is 118 cm³/mol. The first-order chi connectivity index (χ1) is 17.6. The van der Waals surface area contributed by atoms with E-state index in [4.69, 9.17) is 4.84 Å². The molecule has 0 bridgehead atoms. The lowest BCUT2D eigenvalue weighted by molar-refractivity contribution is -0.143. The Balaban J connectivity index is 1.47. The Labute approximate surface area is 211 Å². The SMILES string of the molecule is O=C(CN1CCC(=NOCc2cccc(C(F)(F)F)c2)CC1)NCc1cc(C(F)(F)F)cc(C(F)(F)F)c1. The lowest BCUT2D eigenvalue weighted by Gasteiger charge is -2.26. The highest BCUT2D eigenvalue weighted by atomic mass is 19.4. The summed E-state index contributed by atoms with van der Waals surface area (Å²) in [5.41, 5.74) is -3.14. The van der Waals surface area contributed by atoms with Crippen molar-refractivity contribution in [2.45, 2.75) is 44.5 Å². The van der Waals surface area contributed by atoms with Crippen LogP contribution >= 0.6 is 0 Å². The highest BCUT2D eigenvalue weighted by Crippen LogP contribution is 2.36. The number of nitrogens with one attached hydrogen (secondary N) is 1. The van der Waals surface area contributed by atoms with Crippen LogP contribution in [0, 0.1) is 0 Å². The zero-order valence-electron chi connectivity index (χ0n) is 19.6. The largest absolute Gasteiger partial charge is 0.416 e. The standard InChI is InChI=1S/C24H22F9N3O2/c25-22(26,27)17-3-1-2-15(8-17)14-38-35-20-4-6-36(7-5-20)13-21(37)34-12-16-9-18(23(28,29)30)11-19(10-16)24(31,32)33/h1-3,8-11H,4-7,12-14H2,(H,34,37). The monoisotopic (exact) mass is 555 g/mol. The summed E-state index contributed by atoms with van der Waals surface area (Å²) >= 11 is 0. The van der Waals surface area contributed by atoms with E-state index in [0.29, 0.717) is 49.3 Å². The van der Waals surface area contributed by atoms with Crippen LogP contribution in [0.1, 0.15) is 40.7 Å². The summed E-state index contributed by atoms with van der Waals surface area (Å²) in [5, 5.41) is 6.27. The van der Waals surface area contributed by atoms with E-state index >= 15 is 0 Å². The first-order valence-electron chi connectivity index (χ1n) is 11.2. The van der Waals surface area contributed by atoms with E-state index in [2.05, 4.69) is 10.5 Å². The number of hydrogen-bond donors (Lipinski definition) is 1. The van der Waals surface area contributed by atoms with E-state index in [9.17, 15) is 44.3 Å². The van der Waals surface area contributed by atoms with Crippen molar-refractivity contribution in [1.29, 1.82) is 0 Å². The average Bonchev–Trinajstić information content (AvgIpc) is 2.82. The number of likely N-dealkylation sites (tertiary alicyclic amines) is 1. The van der Waals surface area contributed by atoms with E-state index in [0.717, 1.165) is 12.1 Å². The Morgan fingerprint density at radius 1 is 0.816 bits per heavy atom. The van der Waals surface area contributed by atoms with Gasteiger partial charge in [0.1, 0.15) is 6.61 Å². The van der Waals surface area contributed by atoms with E-state index in [1.54, 1.807) is 4.90 Å². The van der Waals surface area contributed by atoms with E-state index in [1.807, 2.05) is 0 Å². The zero-order chi connectivity index (χ0) is 28.1. The minimum atomic E-state index is -4.98. The van der Waals surface area contributed by atoms with Crippen LogP contribution in [0.4, 0.5) is 39.5 Å². The van der Waals surface area contributed by atoms with Crippen LogP contribution in [0.5, 0.6) is 0 Å². The maximum absolute atomic E-state index is 13.0. The summed E-state index contributed by atoms with van der Waals surface area (Å²) in [7, 11) is 0. The third-order valence-electron chi connectivity index (χ3n) is 5.62. The zero-order valence-corrected chi connectivity index (χ0v) is 19.6. The second-order valence-corrected chi connectivity index (χ2v) is 8.60. The number of nitrogens with zero attached hydrogens (tertiary/aromatic N) is 2. The summed E-state index contributed by atoms with van der Waals surface area (Å²) in [6.07, 6.45) is -13.6. The van der Waals surface area contributed by atoms with Gasteiger partial charge < -0.3 is 10.2 Å². The second-order valence-electron chi connectivity index (χ2n) is 8.60. The summed E-state index contributed by atoms with van der Waals surface area (Å²) < 4.78 is 116. The molecule has 2 aromatic rings. The molecule has 3 rings (SSSR count). The van der Waals surface area contributed by atoms with Crippen LogP contribution in [0.25, 0.3) is 0 Å². The van der Waals surface area contributed by atoms with E-state index in [-0.39, 0.29) is 24.8 Å². The molecular weight excluding hydrogens is 533 g/mol. The Morgan fingerprint density at radius 3 is 1.92 bits per heavy atom. The van der Waals surface area contributed by atoms with Crippen LogP contribution < -0.4 is 5.32 Å². The fourth-order valence-electron chi connectivity index (χ4n) is 3.68. The first kappa shape index (κ1) is 29.3. The van der Waals surface area contributed by atoms with Crippen LogP contribution in [-0.2, 0) is 41.3 Å². The number of oxime groups is 1. The van der Waals surface area contributed by atoms with Crippen molar-refractivity contribution in [2.75, 3.05) is 19.6 Å². The molecular formula is C24H22F9N3O2. The molecule has 1 heterocycles. The Hall–Kier alpha value is -3.29. The second kappa shape index (κ2) is 11.6. The maximum atomic E-state index is 13.0. The van der Waals surface area contributed by atoms with Crippen LogP contribution in [0.3, 0.4) is 0 Å². The normalized spacial score (nSPS) is 15.3. The topological polar surface area (TPSA) is 53.9 Å². The van der Waals surface area contributed by atoms with Crippen molar-refractivity contribution < 1.29 is 49.1 Å². The van der Waals surface area contributed by atoms with Gasteiger partial charge in [-0.05, 0) is 41.5 Å². The molecule has 1 saturated heterocycles. The number of carbonyl (C=O) groups excluding carboxylic acids is 1. The van der Waals surface area contributed by atoms with Gasteiger partial charge in [-0.2, -0.15) is 39.5 Å². The van der Waals surface area contributed by atoms with Crippen LogP contribution in [0.15, 0.2) is 47.6 Å². The van der Waals surface area contributed by atoms with Crippen molar-refractivity contribution in [3.8, 4) is 0 Å². The molecule has 1 aliphatic rings. The van der Waals surface area contributed by atoms with Crippen molar-refractivity contribution in [3.05, 3.63) is 70.3 Å². The molecule has 0 unspecified atom stereocenters. The molecule has 1 N–H and O–H groups in total. The van der Waals surface area contributed by atoms with Crippen LogP contribution in [0.2, 0.25) is 0 Å². The average molecular weight is 555 g/mol. The van der Waals surface area contributed by atoms with Gasteiger partial charge in [-0.25, -0.2) is 0 Å². The third-order valence-corrected chi connectivity index (χ3v) is 5.62. The summed E-state index contributed by atoms with van der Waals surface area (Å²) in [4.78, 5) is 19.1. The van der Waals surface area contributed by atoms with Gasteiger partial charge >= 0.3 is 18.5 Å². The molecule has 1 amide bonds. The first-order valence-corrected chi connectivity index (χ1v) is 11.2. The van der Waals surface area contributed by atoms with Gasteiger partial charge in [0, 0.05) is 32.5 Å². The van der Waals surface area contributed by atoms with Crippen molar-refractivity contribution in [1.82, 2.24) is 10.2 Å². The van der Waals surface area contributed by atoms with Crippen molar-refractivity contribution in [3.63, 3.8) is 0 Å². The number of rotatable bonds is 7. The molecule has 5 nitrogen and oxygen atoms in total. The number of piperidine rings is 1. The number of alkyl halides is 9. The lowest BCUT2D eigenvalue weighted by atomic mass is 10.0. The number of benzene rings is 2. The van der Waals surface area contributed by atoms with Gasteiger partial charge in [0.25, 0.3) is 0 Å². The molecule has 14 heteroatoms. The number of carbonyl (C=O) groups is 1. The number of hydrogen-bond acceptors (Lipinski definition) is 4. The summed E-state index contributed by atoms with van der Waals surface area (Å²) in [5.74, 6) is -0.586. The molecule has 0 radical (unpaired) electrons. The molecule has 1 aliphatic heterocycles. The van der Waals surface area contributed by atoms with Gasteiger partial charge in [-0.1, -0.05) is 17.3 Å². The van der Waals surface area contributed by atoms with Crippen LogP contribution in [-0.4, -0.2) is 36.2 Å². The van der Waals surface area contributed by atoms with E-state index in [1.165, 1.54) is 12.1 Å². The fourth-order valence-corrected chi connectivity index (χ4v) is 3.68. The maximum Gasteiger partial charge on any atom is 0.416 e. The smallest absolute Gasteiger partial charge is 0.391 e. The Morgan fingerprint density at radius 2 is 1.37 bits per heavy atom. The van der Waals surface area contributed by atoms with Gasteiger partial charge in [0.15, 0.2) is 0 Å². The Kier molecular flexibility index (Phi) is 8.95. The van der Waals surface area contributed by atoms with E-state index < -0.39 is 47.7 Å². The highest BCUT2D eigenvalue weighted by Gasteiger charge is 2.37.